The van der Waals surface area contributed by atoms with E-state index in [1.165, 1.54) is 13.0 Å². The third-order valence-corrected chi connectivity index (χ3v) is 4.11. The number of aryl methyl sites for hydroxylation is 1. The fourth-order valence-corrected chi connectivity index (χ4v) is 2.99. The van der Waals surface area contributed by atoms with Crippen molar-refractivity contribution >= 4 is 34.1 Å². The number of fused-ring (bicyclic) bond motifs is 1. The van der Waals surface area contributed by atoms with Crippen LogP contribution in [-0.2, 0) is 23.8 Å². The molecule has 1 aromatic carbocycles. The first kappa shape index (κ1) is 23.4. The molecule has 1 unspecified atom stereocenters. The van der Waals surface area contributed by atoms with E-state index in [1.54, 1.807) is 13.0 Å². The maximum absolute atomic E-state index is 13.4. The van der Waals surface area contributed by atoms with Gasteiger partial charge in [-0.15, -0.1) is 4.91 Å². The van der Waals surface area contributed by atoms with Crippen LogP contribution in [0.15, 0.2) is 27.5 Å². The van der Waals surface area contributed by atoms with E-state index in [2.05, 4.69) is 40.3 Å². The normalized spacial score (nSPS) is 16.3. The maximum atomic E-state index is 13.4. The Morgan fingerprint density at radius 1 is 1.27 bits per heavy atom. The molecule has 1 aromatic rings. The number of nitrogens with zero attached hydrogens (tertiary/aromatic N) is 1. The van der Waals surface area contributed by atoms with E-state index in [4.69, 9.17) is 4.74 Å². The van der Waals surface area contributed by atoms with Crippen LogP contribution in [0, 0.1) is 11.8 Å². The summed E-state index contributed by atoms with van der Waals surface area (Å²) in [4.78, 5) is 37.6. The fourth-order valence-electron chi connectivity index (χ4n) is 2.40. The summed E-state index contributed by atoms with van der Waals surface area (Å²) in [6.07, 6.45) is -8.60. The van der Waals surface area contributed by atoms with Crippen molar-refractivity contribution in [3.05, 3.63) is 38.2 Å². The Hall–Kier alpha value is -2.83. The van der Waals surface area contributed by atoms with E-state index in [0.717, 1.165) is 6.08 Å². The minimum absolute atomic E-state index is 0.0157. The van der Waals surface area contributed by atoms with Crippen LogP contribution >= 0.6 is 15.9 Å². The van der Waals surface area contributed by atoms with Gasteiger partial charge in [-0.2, -0.15) is 13.2 Å². The molecule has 1 heterocycles. The van der Waals surface area contributed by atoms with Gasteiger partial charge in [-0.1, -0.05) is 15.9 Å². The van der Waals surface area contributed by atoms with Crippen LogP contribution in [-0.4, -0.2) is 43.9 Å². The SMILES string of the molecule is Cc1cc(Br)cc2c1O[C@H](C(F)(F)F)C(C(=O)OCOC(=O)OCC(C)ON=O)=C2. The Bertz CT molecular complexity index is 858. The largest absolute Gasteiger partial charge is 0.511 e. The van der Waals surface area contributed by atoms with E-state index < -0.39 is 49.5 Å². The van der Waals surface area contributed by atoms with Crippen LogP contribution in [0.4, 0.5) is 18.0 Å². The third kappa shape index (κ3) is 6.08. The molecule has 9 nitrogen and oxygen atoms in total. The van der Waals surface area contributed by atoms with Crippen LogP contribution in [0.3, 0.4) is 0 Å². The number of halogens is 4. The van der Waals surface area contributed by atoms with Gasteiger partial charge < -0.3 is 23.8 Å². The standard InChI is InChI=1S/C17H15BrF3NO8/c1-8-3-11(18)4-10-5-12(14(17(19,20)21)29-13(8)10)15(23)27-7-28-16(24)26-6-9(2)30-22-25/h3-5,9,14H,6-7H2,1-2H3/t9?,14-/m0/s1. The Balaban J connectivity index is 2.05. The molecule has 1 aliphatic rings. The number of hydrogen-bond acceptors (Lipinski definition) is 9. The molecule has 0 saturated carbocycles. The van der Waals surface area contributed by atoms with Gasteiger partial charge in [-0.05, 0) is 37.6 Å². The summed E-state index contributed by atoms with van der Waals surface area (Å²) in [7, 11) is 0. The average Bonchev–Trinajstić information content (AvgIpc) is 2.64. The summed E-state index contributed by atoms with van der Waals surface area (Å²) in [6.45, 7) is 1.54. The van der Waals surface area contributed by atoms with Crippen molar-refractivity contribution in [2.45, 2.75) is 32.2 Å². The summed E-state index contributed by atoms with van der Waals surface area (Å²) >= 11 is 3.22. The first-order valence-electron chi connectivity index (χ1n) is 8.23. The molecule has 0 saturated heterocycles. The molecule has 30 heavy (non-hydrogen) atoms. The van der Waals surface area contributed by atoms with Gasteiger partial charge in [-0.25, -0.2) is 9.59 Å². The second kappa shape index (κ2) is 9.78. The Kier molecular flexibility index (Phi) is 7.65. The highest BCUT2D eigenvalue weighted by atomic mass is 79.9. The molecule has 0 aromatic heterocycles. The second-order valence-electron chi connectivity index (χ2n) is 6.03. The number of carbonyl (C=O) groups excluding carboxylic acids is 2. The van der Waals surface area contributed by atoms with E-state index in [9.17, 15) is 27.7 Å². The molecule has 1 aliphatic heterocycles. The van der Waals surface area contributed by atoms with Crippen molar-refractivity contribution in [3.63, 3.8) is 0 Å². The lowest BCUT2D eigenvalue weighted by Gasteiger charge is -2.28. The van der Waals surface area contributed by atoms with E-state index in [0.29, 0.717) is 10.0 Å². The third-order valence-electron chi connectivity index (χ3n) is 3.66. The average molecular weight is 498 g/mol. The molecule has 0 N–H and O–H groups in total. The van der Waals surface area contributed by atoms with E-state index in [1.807, 2.05) is 0 Å². The van der Waals surface area contributed by atoms with Gasteiger partial charge in [0.1, 0.15) is 12.4 Å². The lowest BCUT2D eigenvalue weighted by atomic mass is 9.99. The molecule has 0 amide bonds. The molecule has 0 bridgehead atoms. The molecule has 2 atom stereocenters. The van der Waals surface area contributed by atoms with Gasteiger partial charge >= 0.3 is 18.3 Å². The summed E-state index contributed by atoms with van der Waals surface area (Å²) in [5.41, 5.74) is -0.137. The summed E-state index contributed by atoms with van der Waals surface area (Å²) in [6, 6.07) is 3.05. The van der Waals surface area contributed by atoms with Crippen LogP contribution in [0.25, 0.3) is 6.08 Å². The zero-order valence-electron chi connectivity index (χ0n) is 15.5. The summed E-state index contributed by atoms with van der Waals surface area (Å²) < 4.78 is 59.4. The Morgan fingerprint density at radius 3 is 2.60 bits per heavy atom. The number of alkyl halides is 3. The molecular weight excluding hydrogens is 483 g/mol. The lowest BCUT2D eigenvalue weighted by Crippen LogP contribution is -2.41. The first-order valence-corrected chi connectivity index (χ1v) is 9.02. The number of rotatable bonds is 7. The van der Waals surface area contributed by atoms with Gasteiger partial charge in [0.25, 0.3) is 0 Å². The van der Waals surface area contributed by atoms with Crippen LogP contribution in [0.2, 0.25) is 0 Å². The monoisotopic (exact) mass is 497 g/mol. The fraction of sp³-hybridized carbons (Fsp3) is 0.412. The predicted octanol–water partition coefficient (Wildman–Crippen LogP) is 4.20. The quantitative estimate of drug-likeness (QED) is 0.238. The zero-order chi connectivity index (χ0) is 22.5. The molecule has 0 spiro atoms. The summed E-state index contributed by atoms with van der Waals surface area (Å²) in [5.74, 6) is -1.41. The smallest absolute Gasteiger partial charge is 0.475 e. The van der Waals surface area contributed by atoms with Crippen molar-refractivity contribution in [2.24, 2.45) is 5.34 Å². The highest BCUT2D eigenvalue weighted by Crippen LogP contribution is 2.40. The molecule has 13 heteroatoms. The van der Waals surface area contributed by atoms with Gasteiger partial charge in [0.15, 0.2) is 11.4 Å². The zero-order valence-corrected chi connectivity index (χ0v) is 17.1. The molecular formula is C17H15BrF3NO8. The summed E-state index contributed by atoms with van der Waals surface area (Å²) in [5, 5.41) is 2.14. The van der Waals surface area contributed by atoms with Crippen LogP contribution in [0.5, 0.6) is 5.75 Å². The molecule has 0 radical (unpaired) electrons. The predicted molar refractivity (Wildman–Crippen MR) is 97.1 cm³/mol. The highest BCUT2D eigenvalue weighted by Gasteiger charge is 2.49. The Morgan fingerprint density at radius 2 is 1.97 bits per heavy atom. The van der Waals surface area contributed by atoms with Crippen molar-refractivity contribution in [1.82, 2.24) is 0 Å². The molecule has 0 aliphatic carbocycles. The van der Waals surface area contributed by atoms with Crippen LogP contribution < -0.4 is 4.74 Å². The molecule has 2 rings (SSSR count). The lowest BCUT2D eigenvalue weighted by molar-refractivity contribution is -0.189. The van der Waals surface area contributed by atoms with Gasteiger partial charge in [0.05, 0.1) is 5.57 Å². The van der Waals surface area contributed by atoms with Crippen molar-refractivity contribution in [3.8, 4) is 5.75 Å². The number of hydrogen-bond donors (Lipinski definition) is 0. The minimum Gasteiger partial charge on any atom is -0.475 e. The van der Waals surface area contributed by atoms with Gasteiger partial charge in [0.2, 0.25) is 12.9 Å². The molecule has 0 fully saturated rings. The minimum atomic E-state index is -4.90. The van der Waals surface area contributed by atoms with Crippen molar-refractivity contribution in [2.75, 3.05) is 13.4 Å². The van der Waals surface area contributed by atoms with E-state index in [-0.39, 0.29) is 11.3 Å². The first-order chi connectivity index (χ1) is 14.0. The topological polar surface area (TPSA) is 110 Å². The van der Waals surface area contributed by atoms with Gasteiger partial charge in [0, 0.05) is 10.0 Å². The van der Waals surface area contributed by atoms with E-state index >= 15 is 0 Å². The van der Waals surface area contributed by atoms with Crippen molar-refractivity contribution in [1.29, 1.82) is 0 Å². The Labute approximate surface area is 176 Å². The van der Waals surface area contributed by atoms with Gasteiger partial charge in [-0.3, -0.25) is 0 Å². The number of carbonyl (C=O) groups is 2. The van der Waals surface area contributed by atoms with Crippen LogP contribution in [0.1, 0.15) is 18.1 Å². The number of ether oxygens (including phenoxy) is 4. The van der Waals surface area contributed by atoms with Crippen molar-refractivity contribution < 1.29 is 46.5 Å². The maximum Gasteiger partial charge on any atom is 0.511 e. The number of benzene rings is 1. The second-order valence-corrected chi connectivity index (χ2v) is 6.94. The number of esters is 1. The molecule has 164 valence electrons. The highest BCUT2D eigenvalue weighted by molar-refractivity contribution is 9.10.